The van der Waals surface area contributed by atoms with Crippen LogP contribution in [0, 0.1) is 5.92 Å². The Morgan fingerprint density at radius 3 is 2.75 bits per heavy atom. The Kier molecular flexibility index (Phi) is 2.13. The highest BCUT2D eigenvalue weighted by atomic mass is 15.2. The molecule has 2 bridgehead atoms. The third kappa shape index (κ3) is 1.27. The maximum Gasteiger partial charge on any atom is 0.00988 e. The molecule has 1 aliphatic heterocycles. The molecule has 0 aromatic heterocycles. The third-order valence-electron chi connectivity index (χ3n) is 3.93. The van der Waals surface area contributed by atoms with E-state index in [0.29, 0.717) is 6.04 Å². The second-order valence-electron chi connectivity index (χ2n) is 4.64. The summed E-state index contributed by atoms with van der Waals surface area (Å²) in [5, 5.41) is 0. The van der Waals surface area contributed by atoms with Crippen LogP contribution in [0.25, 0.3) is 0 Å². The summed E-state index contributed by atoms with van der Waals surface area (Å²) in [5.41, 5.74) is 6.07. The fourth-order valence-corrected chi connectivity index (χ4v) is 2.87. The van der Waals surface area contributed by atoms with Gasteiger partial charge < -0.3 is 10.6 Å². The molecule has 0 spiro atoms. The molecule has 0 amide bonds. The standard InChI is InChI=1S/C10H20N2/c1-7-5-8-6-9(12(7)2)3-4-10(8)11/h7-10H,3-6,11H2,1-2H3. The maximum atomic E-state index is 6.07. The van der Waals surface area contributed by atoms with Crippen molar-refractivity contribution in [1.82, 2.24) is 4.90 Å². The summed E-state index contributed by atoms with van der Waals surface area (Å²) >= 11 is 0. The normalized spacial score (nSPS) is 49.2. The van der Waals surface area contributed by atoms with Crippen LogP contribution in [0.4, 0.5) is 0 Å². The predicted molar refractivity (Wildman–Crippen MR) is 50.9 cm³/mol. The van der Waals surface area contributed by atoms with Gasteiger partial charge in [-0.2, -0.15) is 0 Å². The molecule has 2 N–H and O–H groups in total. The number of fused-ring (bicyclic) bond motifs is 2. The van der Waals surface area contributed by atoms with Gasteiger partial charge in [0.25, 0.3) is 0 Å². The number of likely N-dealkylation sites (tertiary alicyclic amines) is 1. The van der Waals surface area contributed by atoms with Crippen molar-refractivity contribution < 1.29 is 0 Å². The molecule has 1 heterocycles. The van der Waals surface area contributed by atoms with Crippen molar-refractivity contribution in [2.75, 3.05) is 7.05 Å². The van der Waals surface area contributed by atoms with Crippen molar-refractivity contribution in [2.45, 2.75) is 50.7 Å². The Bertz CT molecular complexity index is 167. The van der Waals surface area contributed by atoms with E-state index in [1.165, 1.54) is 25.7 Å². The van der Waals surface area contributed by atoms with Gasteiger partial charge in [0.1, 0.15) is 0 Å². The first-order valence-electron chi connectivity index (χ1n) is 5.16. The molecule has 2 heteroatoms. The monoisotopic (exact) mass is 168 g/mol. The van der Waals surface area contributed by atoms with Gasteiger partial charge >= 0.3 is 0 Å². The number of nitrogens with two attached hydrogens (primary N) is 1. The molecule has 0 radical (unpaired) electrons. The van der Waals surface area contributed by atoms with Crippen LogP contribution in [0.5, 0.6) is 0 Å². The van der Waals surface area contributed by atoms with Gasteiger partial charge in [0, 0.05) is 18.1 Å². The second kappa shape index (κ2) is 3.00. The topological polar surface area (TPSA) is 29.3 Å². The number of piperidine rings is 1. The minimum atomic E-state index is 0.498. The molecule has 0 aromatic rings. The lowest BCUT2D eigenvalue weighted by molar-refractivity contribution is 0.0417. The summed E-state index contributed by atoms with van der Waals surface area (Å²) < 4.78 is 0. The highest BCUT2D eigenvalue weighted by Crippen LogP contribution is 2.35. The molecule has 4 atom stereocenters. The summed E-state index contributed by atoms with van der Waals surface area (Å²) in [4.78, 5) is 2.54. The quantitative estimate of drug-likeness (QED) is 0.589. The highest BCUT2D eigenvalue weighted by Gasteiger charge is 2.37. The molecule has 4 unspecified atom stereocenters. The fourth-order valence-electron chi connectivity index (χ4n) is 2.87. The van der Waals surface area contributed by atoms with E-state index in [1.54, 1.807) is 0 Å². The molecule has 0 aromatic carbocycles. The first-order valence-corrected chi connectivity index (χ1v) is 5.16. The maximum absolute atomic E-state index is 6.07. The van der Waals surface area contributed by atoms with Crippen LogP contribution in [-0.4, -0.2) is 30.1 Å². The summed E-state index contributed by atoms with van der Waals surface area (Å²) in [5.74, 6) is 0.815. The molecule has 1 saturated heterocycles. The summed E-state index contributed by atoms with van der Waals surface area (Å²) in [6, 6.07) is 2.08. The first-order chi connectivity index (χ1) is 5.68. The zero-order valence-corrected chi connectivity index (χ0v) is 8.16. The number of nitrogens with zero attached hydrogens (tertiary/aromatic N) is 1. The Balaban J connectivity index is 2.08. The van der Waals surface area contributed by atoms with Crippen LogP contribution in [-0.2, 0) is 0 Å². The molecule has 2 aliphatic rings. The van der Waals surface area contributed by atoms with Gasteiger partial charge in [0.05, 0.1) is 0 Å². The number of hydrogen-bond acceptors (Lipinski definition) is 2. The lowest BCUT2D eigenvalue weighted by Crippen LogP contribution is -2.53. The van der Waals surface area contributed by atoms with Crippen molar-refractivity contribution in [3.8, 4) is 0 Å². The fraction of sp³-hybridized carbons (Fsp3) is 1.00. The van der Waals surface area contributed by atoms with E-state index in [0.717, 1.165) is 18.0 Å². The number of rotatable bonds is 0. The van der Waals surface area contributed by atoms with Crippen LogP contribution in [0.3, 0.4) is 0 Å². The Morgan fingerprint density at radius 2 is 2.00 bits per heavy atom. The Labute approximate surface area is 75.1 Å². The van der Waals surface area contributed by atoms with E-state index in [-0.39, 0.29) is 0 Å². The van der Waals surface area contributed by atoms with Gasteiger partial charge in [-0.1, -0.05) is 0 Å². The van der Waals surface area contributed by atoms with Crippen LogP contribution in [0.1, 0.15) is 32.6 Å². The van der Waals surface area contributed by atoms with Gasteiger partial charge in [-0.15, -0.1) is 0 Å². The SMILES string of the molecule is CC1CC2CC(CCC2N)N1C. The molecule has 70 valence electrons. The lowest BCUT2D eigenvalue weighted by atomic mass is 9.74. The van der Waals surface area contributed by atoms with E-state index >= 15 is 0 Å². The minimum Gasteiger partial charge on any atom is -0.327 e. The number of hydrogen-bond donors (Lipinski definition) is 1. The van der Waals surface area contributed by atoms with E-state index in [9.17, 15) is 0 Å². The van der Waals surface area contributed by atoms with Gasteiger partial charge in [-0.05, 0) is 45.6 Å². The second-order valence-corrected chi connectivity index (χ2v) is 4.64. The summed E-state index contributed by atoms with van der Waals surface area (Å²) in [6.45, 7) is 2.33. The Hall–Kier alpha value is -0.0800. The third-order valence-corrected chi connectivity index (χ3v) is 3.93. The van der Waals surface area contributed by atoms with Crippen molar-refractivity contribution in [1.29, 1.82) is 0 Å². The van der Waals surface area contributed by atoms with Crippen LogP contribution in [0.15, 0.2) is 0 Å². The molecule has 1 aliphatic carbocycles. The molecule has 2 nitrogen and oxygen atoms in total. The molecule has 12 heavy (non-hydrogen) atoms. The van der Waals surface area contributed by atoms with E-state index in [4.69, 9.17) is 5.73 Å². The zero-order valence-electron chi connectivity index (χ0n) is 8.16. The smallest absolute Gasteiger partial charge is 0.00988 e. The van der Waals surface area contributed by atoms with Crippen molar-refractivity contribution in [2.24, 2.45) is 11.7 Å². The minimum absolute atomic E-state index is 0.498. The van der Waals surface area contributed by atoms with Gasteiger partial charge in [0.15, 0.2) is 0 Å². The molecule has 2 rings (SSSR count). The van der Waals surface area contributed by atoms with E-state index < -0.39 is 0 Å². The summed E-state index contributed by atoms with van der Waals surface area (Å²) in [6.07, 6.45) is 5.22. The molecular weight excluding hydrogens is 148 g/mol. The van der Waals surface area contributed by atoms with Crippen LogP contribution < -0.4 is 5.73 Å². The first kappa shape index (κ1) is 8.52. The zero-order chi connectivity index (χ0) is 8.72. The summed E-state index contributed by atoms with van der Waals surface area (Å²) in [7, 11) is 2.27. The van der Waals surface area contributed by atoms with Gasteiger partial charge in [-0.3, -0.25) is 0 Å². The average Bonchev–Trinajstić information content (AvgIpc) is 2.06. The highest BCUT2D eigenvalue weighted by molar-refractivity contribution is 4.93. The van der Waals surface area contributed by atoms with Crippen molar-refractivity contribution in [3.63, 3.8) is 0 Å². The Morgan fingerprint density at radius 1 is 1.25 bits per heavy atom. The van der Waals surface area contributed by atoms with E-state index in [1.807, 2.05) is 0 Å². The van der Waals surface area contributed by atoms with Crippen LogP contribution >= 0.6 is 0 Å². The van der Waals surface area contributed by atoms with E-state index in [2.05, 4.69) is 18.9 Å². The predicted octanol–water partition coefficient (Wildman–Crippen LogP) is 1.21. The van der Waals surface area contributed by atoms with Crippen molar-refractivity contribution >= 4 is 0 Å². The van der Waals surface area contributed by atoms with Gasteiger partial charge in [-0.25, -0.2) is 0 Å². The lowest BCUT2D eigenvalue weighted by Gasteiger charge is -2.47. The average molecular weight is 168 g/mol. The van der Waals surface area contributed by atoms with Crippen LogP contribution in [0.2, 0.25) is 0 Å². The molecule has 1 saturated carbocycles. The molecule has 2 fully saturated rings. The van der Waals surface area contributed by atoms with Gasteiger partial charge in [0.2, 0.25) is 0 Å². The largest absolute Gasteiger partial charge is 0.327 e. The molecular formula is C10H20N2. The van der Waals surface area contributed by atoms with Crippen molar-refractivity contribution in [3.05, 3.63) is 0 Å².